The fraction of sp³-hybridized carbons (Fsp3) is 0.556. The number of nitrogens with one attached hydrogen (secondary N) is 1. The monoisotopic (exact) mass is 541 g/mol. The maximum Gasteiger partial charge on any atom is 0.309 e. The van der Waals surface area contributed by atoms with Crippen molar-refractivity contribution in [3.8, 4) is 0 Å². The first-order valence-electron chi connectivity index (χ1n) is 8.61. The van der Waals surface area contributed by atoms with E-state index in [1.165, 1.54) is 6.07 Å². The lowest BCUT2D eigenvalue weighted by atomic mass is 9.97. The van der Waals surface area contributed by atoms with Crippen LogP contribution in [0.3, 0.4) is 0 Å². The van der Waals surface area contributed by atoms with Gasteiger partial charge in [-0.3, -0.25) is 9.79 Å². The Morgan fingerprint density at radius 3 is 2.73 bits per heavy atom. The van der Waals surface area contributed by atoms with Crippen molar-refractivity contribution >= 4 is 51.8 Å². The van der Waals surface area contributed by atoms with Crippen LogP contribution in [-0.2, 0) is 16.0 Å². The van der Waals surface area contributed by atoms with Crippen molar-refractivity contribution in [2.24, 2.45) is 10.9 Å². The molecule has 0 atom stereocenters. The van der Waals surface area contributed by atoms with Gasteiger partial charge in [-0.05, 0) is 49.9 Å². The molecule has 2 rings (SSSR count). The Hall–Kier alpha value is -0.900. The number of rotatable bonds is 5. The van der Waals surface area contributed by atoms with Gasteiger partial charge in [0.2, 0.25) is 0 Å². The number of carbonyl (C=O) groups is 1. The number of benzene rings is 1. The Kier molecular flexibility index (Phi) is 10.4. The Bertz CT molecular complexity index is 622. The molecule has 0 bridgehead atoms. The predicted octanol–water partition coefficient (Wildman–Crippen LogP) is 3.60. The van der Waals surface area contributed by atoms with E-state index in [0.717, 1.165) is 36.4 Å². The average molecular weight is 542 g/mol. The summed E-state index contributed by atoms with van der Waals surface area (Å²) in [6, 6.07) is 4.96. The molecule has 0 spiro atoms. The lowest BCUT2D eigenvalue weighted by molar-refractivity contribution is -0.149. The van der Waals surface area contributed by atoms with Crippen LogP contribution in [-0.4, -0.2) is 50.1 Å². The van der Waals surface area contributed by atoms with Gasteiger partial charge < -0.3 is 15.0 Å². The average Bonchev–Trinajstić information content (AvgIpc) is 2.62. The highest BCUT2D eigenvalue weighted by molar-refractivity contribution is 14.0. The number of carbonyl (C=O) groups excluding carboxylic acids is 1. The molecule has 1 heterocycles. The van der Waals surface area contributed by atoms with Gasteiger partial charge in [-0.15, -0.1) is 24.0 Å². The van der Waals surface area contributed by atoms with Gasteiger partial charge in [0, 0.05) is 31.2 Å². The summed E-state index contributed by atoms with van der Waals surface area (Å²) in [7, 11) is 1.74. The lowest BCUT2D eigenvalue weighted by Crippen LogP contribution is -2.47. The van der Waals surface area contributed by atoms with Crippen LogP contribution in [0.5, 0.6) is 0 Å². The van der Waals surface area contributed by atoms with Gasteiger partial charge in [-0.25, -0.2) is 4.39 Å². The van der Waals surface area contributed by atoms with Crippen molar-refractivity contribution in [1.29, 1.82) is 0 Å². The molecule has 1 saturated heterocycles. The Balaban J connectivity index is 0.00000338. The van der Waals surface area contributed by atoms with Gasteiger partial charge in [0.05, 0.1) is 12.5 Å². The molecule has 1 N–H and O–H groups in total. The van der Waals surface area contributed by atoms with E-state index in [-0.39, 0.29) is 41.7 Å². The van der Waals surface area contributed by atoms with Crippen molar-refractivity contribution in [2.75, 3.05) is 33.3 Å². The molecule has 1 fully saturated rings. The van der Waals surface area contributed by atoms with Crippen LogP contribution in [0.25, 0.3) is 0 Å². The van der Waals surface area contributed by atoms with E-state index < -0.39 is 0 Å². The van der Waals surface area contributed by atoms with Crippen molar-refractivity contribution in [1.82, 2.24) is 10.2 Å². The zero-order valence-electron chi connectivity index (χ0n) is 15.1. The van der Waals surface area contributed by atoms with Crippen molar-refractivity contribution < 1.29 is 13.9 Å². The molecule has 1 aliphatic heterocycles. The smallest absolute Gasteiger partial charge is 0.309 e. The molecule has 1 aromatic carbocycles. The van der Waals surface area contributed by atoms with Gasteiger partial charge in [-0.2, -0.15) is 0 Å². The molecule has 0 unspecified atom stereocenters. The Morgan fingerprint density at radius 2 is 2.12 bits per heavy atom. The Labute approximate surface area is 179 Å². The quantitative estimate of drug-likeness (QED) is 0.268. The van der Waals surface area contributed by atoms with Crippen LogP contribution < -0.4 is 5.32 Å². The van der Waals surface area contributed by atoms with E-state index in [1.807, 2.05) is 6.92 Å². The molecule has 0 aromatic heterocycles. The molecule has 0 radical (unpaired) electrons. The summed E-state index contributed by atoms with van der Waals surface area (Å²) in [4.78, 5) is 18.2. The van der Waals surface area contributed by atoms with Crippen LogP contribution >= 0.6 is 39.9 Å². The van der Waals surface area contributed by atoms with Gasteiger partial charge in [0.15, 0.2) is 5.96 Å². The molecule has 0 aliphatic carbocycles. The maximum atomic E-state index is 13.8. The molecule has 1 aromatic rings. The van der Waals surface area contributed by atoms with Gasteiger partial charge in [0.25, 0.3) is 0 Å². The topological polar surface area (TPSA) is 53.9 Å². The summed E-state index contributed by atoms with van der Waals surface area (Å²) in [6.45, 7) is 4.36. The van der Waals surface area contributed by atoms with Gasteiger partial charge in [0.1, 0.15) is 5.82 Å². The molecule has 1 aliphatic rings. The molecule has 0 amide bonds. The molecule has 5 nitrogen and oxygen atoms in total. The second-order valence-electron chi connectivity index (χ2n) is 5.97. The number of likely N-dealkylation sites (tertiary alicyclic amines) is 1. The zero-order chi connectivity index (χ0) is 18.2. The second-order valence-corrected chi connectivity index (χ2v) is 6.89. The third-order valence-electron chi connectivity index (χ3n) is 4.31. The first-order valence-corrected chi connectivity index (χ1v) is 9.40. The highest BCUT2D eigenvalue weighted by Gasteiger charge is 2.27. The molecule has 0 saturated carbocycles. The number of hydrogen-bond acceptors (Lipinski definition) is 3. The number of ether oxygens (including phenoxy) is 1. The summed E-state index contributed by atoms with van der Waals surface area (Å²) >= 11 is 3.36. The minimum Gasteiger partial charge on any atom is -0.466 e. The minimum atomic E-state index is -0.199. The van der Waals surface area contributed by atoms with Crippen LogP contribution in [0.4, 0.5) is 4.39 Å². The minimum absolute atomic E-state index is 0. The number of halogens is 3. The second kappa shape index (κ2) is 11.7. The molecular formula is C18H26BrFIN3O2. The van der Waals surface area contributed by atoms with E-state index >= 15 is 0 Å². The number of piperidine rings is 1. The zero-order valence-corrected chi connectivity index (χ0v) is 19.1. The highest BCUT2D eigenvalue weighted by atomic mass is 127. The highest BCUT2D eigenvalue weighted by Crippen LogP contribution is 2.19. The molecule has 8 heteroatoms. The van der Waals surface area contributed by atoms with Crippen LogP contribution in [0.1, 0.15) is 25.3 Å². The van der Waals surface area contributed by atoms with Gasteiger partial charge >= 0.3 is 5.97 Å². The number of guanidine groups is 1. The standard InChI is InChI=1S/C18H25BrFN3O2.HI/c1-3-25-17(24)13-7-10-23(11-8-13)18(21-2)22-9-6-14-12-15(19)4-5-16(14)20;/h4-5,12-13H,3,6-11H2,1-2H3,(H,21,22);1H. The van der Waals surface area contributed by atoms with E-state index in [1.54, 1.807) is 19.2 Å². The van der Waals surface area contributed by atoms with E-state index in [2.05, 4.69) is 31.1 Å². The summed E-state index contributed by atoms with van der Waals surface area (Å²) in [6.07, 6.45) is 2.10. The lowest BCUT2D eigenvalue weighted by Gasteiger charge is -2.33. The van der Waals surface area contributed by atoms with E-state index in [0.29, 0.717) is 25.1 Å². The number of aliphatic imine (C=N–C) groups is 1. The molecular weight excluding hydrogens is 516 g/mol. The normalized spacial score (nSPS) is 15.4. The fourth-order valence-electron chi connectivity index (χ4n) is 2.96. The first-order chi connectivity index (χ1) is 12.0. The van der Waals surface area contributed by atoms with Crippen molar-refractivity contribution in [3.05, 3.63) is 34.1 Å². The first kappa shape index (κ1) is 23.1. The number of hydrogen-bond donors (Lipinski definition) is 1. The van der Waals surface area contributed by atoms with Gasteiger partial charge in [-0.1, -0.05) is 15.9 Å². The van der Waals surface area contributed by atoms with Crippen LogP contribution in [0.2, 0.25) is 0 Å². The number of nitrogens with zero attached hydrogens (tertiary/aromatic N) is 2. The SMILES string of the molecule is CCOC(=O)C1CCN(C(=NC)NCCc2cc(Br)ccc2F)CC1.I. The predicted molar refractivity (Wildman–Crippen MR) is 116 cm³/mol. The molecule has 26 heavy (non-hydrogen) atoms. The summed E-state index contributed by atoms with van der Waals surface area (Å²) < 4.78 is 19.7. The maximum absolute atomic E-state index is 13.8. The van der Waals surface area contributed by atoms with E-state index in [4.69, 9.17) is 4.74 Å². The fourth-order valence-corrected chi connectivity index (χ4v) is 3.37. The third kappa shape index (κ3) is 6.68. The van der Waals surface area contributed by atoms with Crippen molar-refractivity contribution in [3.63, 3.8) is 0 Å². The Morgan fingerprint density at radius 1 is 1.42 bits per heavy atom. The third-order valence-corrected chi connectivity index (χ3v) is 4.80. The number of esters is 1. The summed E-state index contributed by atoms with van der Waals surface area (Å²) in [5.41, 5.74) is 0.665. The van der Waals surface area contributed by atoms with Crippen LogP contribution in [0, 0.1) is 11.7 Å². The largest absolute Gasteiger partial charge is 0.466 e. The summed E-state index contributed by atoms with van der Waals surface area (Å²) in [5.74, 6) is 0.466. The van der Waals surface area contributed by atoms with Crippen molar-refractivity contribution in [2.45, 2.75) is 26.2 Å². The van der Waals surface area contributed by atoms with E-state index in [9.17, 15) is 9.18 Å². The van der Waals surface area contributed by atoms with Crippen LogP contribution in [0.15, 0.2) is 27.7 Å². The summed E-state index contributed by atoms with van der Waals surface area (Å²) in [5, 5.41) is 3.28. The molecule has 146 valence electrons.